The molecule has 1 aliphatic carbocycles. The molecule has 2 rings (SSSR count). The second kappa shape index (κ2) is 7.27. The highest BCUT2D eigenvalue weighted by atomic mass is 16.6. The van der Waals surface area contributed by atoms with E-state index < -0.39 is 0 Å². The van der Waals surface area contributed by atoms with E-state index in [0.717, 1.165) is 45.2 Å². The molecular formula is C15H28N2O3. The Morgan fingerprint density at radius 1 is 1.25 bits per heavy atom. The molecule has 1 aliphatic heterocycles. The highest BCUT2D eigenvalue weighted by Crippen LogP contribution is 2.26. The molecule has 1 N–H and O–H groups in total. The maximum absolute atomic E-state index is 11.7. The van der Waals surface area contributed by atoms with E-state index in [-0.39, 0.29) is 18.2 Å². The summed E-state index contributed by atoms with van der Waals surface area (Å²) in [6.07, 6.45) is 5.99. The van der Waals surface area contributed by atoms with Gasteiger partial charge in [0.2, 0.25) is 0 Å². The van der Waals surface area contributed by atoms with E-state index >= 15 is 0 Å². The molecule has 0 unspecified atom stereocenters. The van der Waals surface area contributed by atoms with Crippen LogP contribution in [0.2, 0.25) is 0 Å². The zero-order chi connectivity index (χ0) is 14.5. The van der Waals surface area contributed by atoms with Crippen LogP contribution in [0.1, 0.15) is 45.4 Å². The van der Waals surface area contributed by atoms with Crippen LogP contribution in [-0.4, -0.2) is 65.9 Å². The van der Waals surface area contributed by atoms with Crippen LogP contribution in [0.25, 0.3) is 0 Å². The highest BCUT2D eigenvalue weighted by Gasteiger charge is 2.33. The number of ether oxygens (including phenoxy) is 1. The van der Waals surface area contributed by atoms with Crippen molar-refractivity contribution in [1.82, 2.24) is 9.80 Å². The van der Waals surface area contributed by atoms with Crippen molar-refractivity contribution in [3.05, 3.63) is 0 Å². The third-order valence-electron chi connectivity index (χ3n) is 4.77. The molecule has 0 spiro atoms. The van der Waals surface area contributed by atoms with Crippen LogP contribution >= 0.6 is 0 Å². The maximum atomic E-state index is 11.7. The minimum atomic E-state index is -0.219. The first-order valence-corrected chi connectivity index (χ1v) is 7.95. The number of hydrogen-bond acceptors (Lipinski definition) is 4. The lowest BCUT2D eigenvalue weighted by molar-refractivity contribution is -0.00148. The Morgan fingerprint density at radius 2 is 1.90 bits per heavy atom. The molecule has 2 aliphatic rings. The van der Waals surface area contributed by atoms with Crippen molar-refractivity contribution in [3.63, 3.8) is 0 Å². The van der Waals surface area contributed by atoms with Gasteiger partial charge in [0.25, 0.3) is 0 Å². The summed E-state index contributed by atoms with van der Waals surface area (Å²) >= 11 is 0. The predicted molar refractivity (Wildman–Crippen MR) is 77.6 cm³/mol. The SMILES string of the molecule is CCOC(=O)N(C)C1CCN([C@@H]2CCCC[C@H]2O)CC1. The average molecular weight is 284 g/mol. The number of carbonyl (C=O) groups excluding carboxylic acids is 1. The van der Waals surface area contributed by atoms with Crippen molar-refractivity contribution in [1.29, 1.82) is 0 Å². The maximum Gasteiger partial charge on any atom is 0.409 e. The van der Waals surface area contributed by atoms with Gasteiger partial charge in [-0.25, -0.2) is 4.79 Å². The van der Waals surface area contributed by atoms with Crippen molar-refractivity contribution in [3.8, 4) is 0 Å². The first-order valence-electron chi connectivity index (χ1n) is 7.95. The number of piperidine rings is 1. The third-order valence-corrected chi connectivity index (χ3v) is 4.77. The van der Waals surface area contributed by atoms with Gasteiger partial charge in [-0.15, -0.1) is 0 Å². The summed E-state index contributed by atoms with van der Waals surface area (Å²) in [6.45, 7) is 4.20. The van der Waals surface area contributed by atoms with Crippen LogP contribution in [0.3, 0.4) is 0 Å². The minimum Gasteiger partial charge on any atom is -0.450 e. The Hall–Kier alpha value is -0.810. The molecule has 1 amide bonds. The lowest BCUT2D eigenvalue weighted by atomic mass is 9.89. The Kier molecular flexibility index (Phi) is 5.66. The van der Waals surface area contributed by atoms with E-state index in [1.807, 2.05) is 14.0 Å². The van der Waals surface area contributed by atoms with Gasteiger partial charge < -0.3 is 14.7 Å². The summed E-state index contributed by atoms with van der Waals surface area (Å²) in [6, 6.07) is 0.601. The molecule has 0 aromatic rings. The van der Waals surface area contributed by atoms with Crippen LogP contribution in [0.5, 0.6) is 0 Å². The Labute approximate surface area is 121 Å². The molecule has 1 heterocycles. The molecule has 0 radical (unpaired) electrons. The lowest BCUT2D eigenvalue weighted by Crippen LogP contribution is -2.52. The normalized spacial score (nSPS) is 29.1. The predicted octanol–water partition coefficient (Wildman–Crippen LogP) is 1.84. The molecule has 5 nitrogen and oxygen atoms in total. The number of carbonyl (C=O) groups is 1. The second-order valence-electron chi connectivity index (χ2n) is 6.00. The van der Waals surface area contributed by atoms with Crippen LogP contribution in [0, 0.1) is 0 Å². The molecule has 0 bridgehead atoms. The molecule has 2 atom stereocenters. The second-order valence-corrected chi connectivity index (χ2v) is 6.00. The topological polar surface area (TPSA) is 53.0 Å². The third kappa shape index (κ3) is 3.64. The van der Waals surface area contributed by atoms with Crippen LogP contribution in [-0.2, 0) is 4.74 Å². The van der Waals surface area contributed by atoms with E-state index in [1.54, 1.807) is 4.90 Å². The number of aliphatic hydroxyl groups is 1. The summed E-state index contributed by atoms with van der Waals surface area (Å²) in [5, 5.41) is 10.1. The van der Waals surface area contributed by atoms with Gasteiger partial charge >= 0.3 is 6.09 Å². The fourth-order valence-corrected chi connectivity index (χ4v) is 3.50. The van der Waals surface area contributed by atoms with Gasteiger partial charge in [0.15, 0.2) is 0 Å². The molecule has 1 saturated heterocycles. The van der Waals surface area contributed by atoms with Gasteiger partial charge in [-0.05, 0) is 32.6 Å². The van der Waals surface area contributed by atoms with E-state index in [4.69, 9.17) is 4.74 Å². The van der Waals surface area contributed by atoms with Crippen molar-refractivity contribution < 1.29 is 14.6 Å². The smallest absolute Gasteiger partial charge is 0.409 e. The average Bonchev–Trinajstić information content (AvgIpc) is 2.47. The van der Waals surface area contributed by atoms with E-state index in [1.165, 1.54) is 6.42 Å². The number of nitrogens with zero attached hydrogens (tertiary/aromatic N) is 2. The number of hydrogen-bond donors (Lipinski definition) is 1. The molecule has 1 saturated carbocycles. The molecular weight excluding hydrogens is 256 g/mol. The van der Waals surface area contributed by atoms with Crippen molar-refractivity contribution in [2.75, 3.05) is 26.7 Å². The first-order chi connectivity index (χ1) is 9.63. The first kappa shape index (κ1) is 15.6. The quantitative estimate of drug-likeness (QED) is 0.859. The summed E-state index contributed by atoms with van der Waals surface area (Å²) in [7, 11) is 1.83. The van der Waals surface area contributed by atoms with E-state index in [0.29, 0.717) is 12.6 Å². The fourth-order valence-electron chi connectivity index (χ4n) is 3.50. The Morgan fingerprint density at radius 3 is 2.50 bits per heavy atom. The summed E-state index contributed by atoms with van der Waals surface area (Å²) in [5.74, 6) is 0. The molecule has 0 aromatic heterocycles. The molecule has 2 fully saturated rings. The molecule has 20 heavy (non-hydrogen) atoms. The zero-order valence-electron chi connectivity index (χ0n) is 12.8. The van der Waals surface area contributed by atoms with Crippen molar-refractivity contribution in [2.45, 2.75) is 63.6 Å². The minimum absolute atomic E-state index is 0.164. The Bertz CT molecular complexity index is 316. The largest absolute Gasteiger partial charge is 0.450 e. The standard InChI is InChI=1S/C15H28N2O3/c1-3-20-15(19)16(2)12-8-10-17(11-9-12)13-6-4-5-7-14(13)18/h12-14,18H,3-11H2,1-2H3/t13-,14-/m1/s1. The van der Waals surface area contributed by atoms with Crippen molar-refractivity contribution in [2.24, 2.45) is 0 Å². The monoisotopic (exact) mass is 284 g/mol. The van der Waals surface area contributed by atoms with Gasteiger partial charge in [0, 0.05) is 32.2 Å². The number of aliphatic hydroxyl groups excluding tert-OH is 1. The number of rotatable bonds is 3. The highest BCUT2D eigenvalue weighted by molar-refractivity contribution is 5.67. The zero-order valence-corrected chi connectivity index (χ0v) is 12.8. The van der Waals surface area contributed by atoms with Gasteiger partial charge in [-0.3, -0.25) is 4.90 Å². The molecule has 5 heteroatoms. The van der Waals surface area contributed by atoms with Crippen LogP contribution in [0.15, 0.2) is 0 Å². The van der Waals surface area contributed by atoms with Gasteiger partial charge in [-0.1, -0.05) is 12.8 Å². The van der Waals surface area contributed by atoms with Crippen molar-refractivity contribution >= 4 is 6.09 Å². The van der Waals surface area contributed by atoms with Gasteiger partial charge in [0.05, 0.1) is 12.7 Å². The fraction of sp³-hybridized carbons (Fsp3) is 0.933. The van der Waals surface area contributed by atoms with Gasteiger partial charge in [0.1, 0.15) is 0 Å². The molecule has 0 aromatic carbocycles. The van der Waals surface area contributed by atoms with Gasteiger partial charge in [-0.2, -0.15) is 0 Å². The van der Waals surface area contributed by atoms with E-state index in [9.17, 15) is 9.90 Å². The Balaban J connectivity index is 1.81. The molecule has 116 valence electrons. The van der Waals surface area contributed by atoms with E-state index in [2.05, 4.69) is 4.90 Å². The summed E-state index contributed by atoms with van der Waals surface area (Å²) < 4.78 is 5.05. The number of likely N-dealkylation sites (tertiary alicyclic amines) is 1. The van der Waals surface area contributed by atoms with Crippen LogP contribution < -0.4 is 0 Å². The summed E-state index contributed by atoms with van der Waals surface area (Å²) in [4.78, 5) is 15.9. The van der Waals surface area contributed by atoms with Crippen LogP contribution in [0.4, 0.5) is 4.79 Å². The lowest BCUT2D eigenvalue weighted by Gasteiger charge is -2.43. The number of amides is 1. The summed E-state index contributed by atoms with van der Waals surface area (Å²) in [5.41, 5.74) is 0.